The number of hydrogen-bond donors (Lipinski definition) is 3. The molecular formula is C21H49N3Ti. The SMILES string of the molecule is C[CH](C)[Ti]([CH2]CCCCCN)([CH2]CCCCCN)[CH2]CCCCCN. The maximum atomic E-state index is 5.65. The van der Waals surface area contributed by atoms with E-state index in [0.717, 1.165) is 23.9 Å². The van der Waals surface area contributed by atoms with Crippen molar-refractivity contribution in [3.63, 3.8) is 0 Å². The molecule has 152 valence electrons. The summed E-state index contributed by atoms with van der Waals surface area (Å²) in [6.45, 7) is 7.66. The fraction of sp³-hybridized carbons (Fsp3) is 1.00. The Hall–Kier alpha value is 0.594. The van der Waals surface area contributed by atoms with Crippen LogP contribution in [0.25, 0.3) is 0 Å². The number of nitrogens with two attached hydrogens (primary N) is 3. The van der Waals surface area contributed by atoms with Crippen molar-refractivity contribution < 1.29 is 16.6 Å². The van der Waals surface area contributed by atoms with Gasteiger partial charge in [-0.2, -0.15) is 0 Å². The summed E-state index contributed by atoms with van der Waals surface area (Å²) in [4.78, 5) is 0. The Morgan fingerprint density at radius 2 is 0.760 bits per heavy atom. The molecule has 0 fully saturated rings. The van der Waals surface area contributed by atoms with E-state index in [1.807, 2.05) is 0 Å². The molecule has 0 aromatic rings. The predicted molar refractivity (Wildman–Crippen MR) is 112 cm³/mol. The molecule has 0 bridgehead atoms. The van der Waals surface area contributed by atoms with E-state index in [0.29, 0.717) is 0 Å². The molecule has 6 N–H and O–H groups in total. The van der Waals surface area contributed by atoms with Crippen molar-refractivity contribution in [2.45, 2.75) is 109 Å². The van der Waals surface area contributed by atoms with E-state index in [9.17, 15) is 0 Å². The van der Waals surface area contributed by atoms with E-state index in [4.69, 9.17) is 17.2 Å². The van der Waals surface area contributed by atoms with Gasteiger partial charge in [-0.1, -0.05) is 0 Å². The third kappa shape index (κ3) is 13.4. The van der Waals surface area contributed by atoms with Crippen LogP contribution in [0.15, 0.2) is 0 Å². The second kappa shape index (κ2) is 18.0. The van der Waals surface area contributed by atoms with Crippen molar-refractivity contribution in [1.29, 1.82) is 0 Å². The molecule has 0 heterocycles. The zero-order valence-corrected chi connectivity index (χ0v) is 19.1. The standard InChI is InChI=1S/3C6H14N.C3H7.Ti/c3*1-2-3-4-5-6-7;1-3-2;/h3*1-7H2;3H,1-2H3;. The van der Waals surface area contributed by atoms with Crippen LogP contribution in [0.2, 0.25) is 18.4 Å². The first-order chi connectivity index (χ1) is 12.1. The molecule has 0 spiro atoms. The van der Waals surface area contributed by atoms with Gasteiger partial charge in [-0.3, -0.25) is 0 Å². The van der Waals surface area contributed by atoms with E-state index in [2.05, 4.69) is 13.8 Å². The number of unbranched alkanes of at least 4 members (excludes halogenated alkanes) is 9. The van der Waals surface area contributed by atoms with Crippen LogP contribution < -0.4 is 17.2 Å². The molecule has 0 saturated heterocycles. The van der Waals surface area contributed by atoms with Gasteiger partial charge in [0.2, 0.25) is 0 Å². The van der Waals surface area contributed by atoms with Crippen LogP contribution >= 0.6 is 0 Å². The van der Waals surface area contributed by atoms with E-state index >= 15 is 0 Å². The van der Waals surface area contributed by atoms with Gasteiger partial charge in [-0.25, -0.2) is 0 Å². The van der Waals surface area contributed by atoms with Crippen molar-refractivity contribution in [3.05, 3.63) is 0 Å². The molecule has 4 heteroatoms. The Morgan fingerprint density at radius 3 is 1.00 bits per heavy atom. The maximum absolute atomic E-state index is 5.65. The molecule has 0 rings (SSSR count). The Labute approximate surface area is 162 Å². The van der Waals surface area contributed by atoms with E-state index in [1.54, 1.807) is 14.2 Å². The van der Waals surface area contributed by atoms with Gasteiger partial charge in [0.15, 0.2) is 0 Å². The normalized spacial score (nSPS) is 12.2. The van der Waals surface area contributed by atoms with Crippen LogP contribution in [0.4, 0.5) is 0 Å². The Balaban J connectivity index is 4.46. The van der Waals surface area contributed by atoms with Gasteiger partial charge in [0.25, 0.3) is 0 Å². The molecule has 0 atom stereocenters. The van der Waals surface area contributed by atoms with Gasteiger partial charge in [0, 0.05) is 0 Å². The molecule has 3 nitrogen and oxygen atoms in total. The zero-order valence-electron chi connectivity index (χ0n) is 17.5. The first-order valence-electron chi connectivity index (χ1n) is 11.2. The fourth-order valence-electron chi connectivity index (χ4n) is 4.17. The molecule has 0 saturated carbocycles. The minimum atomic E-state index is -1.74. The molecule has 0 aliphatic rings. The van der Waals surface area contributed by atoms with Gasteiger partial charge >= 0.3 is 163 Å². The summed E-state index contributed by atoms with van der Waals surface area (Å²) in [5, 5.41) is 0. The summed E-state index contributed by atoms with van der Waals surface area (Å²) < 4.78 is 5.75. The molecule has 0 aliphatic carbocycles. The van der Waals surface area contributed by atoms with E-state index < -0.39 is 16.6 Å². The van der Waals surface area contributed by atoms with Gasteiger partial charge in [-0.05, 0) is 0 Å². The van der Waals surface area contributed by atoms with Crippen LogP contribution in [-0.4, -0.2) is 19.6 Å². The van der Waals surface area contributed by atoms with Crippen molar-refractivity contribution in [1.82, 2.24) is 0 Å². The van der Waals surface area contributed by atoms with Gasteiger partial charge in [0.05, 0.1) is 0 Å². The van der Waals surface area contributed by atoms with Gasteiger partial charge in [0.1, 0.15) is 0 Å². The van der Waals surface area contributed by atoms with Crippen molar-refractivity contribution >= 4 is 0 Å². The number of rotatable bonds is 19. The van der Waals surface area contributed by atoms with E-state index in [-0.39, 0.29) is 0 Å². The third-order valence-corrected chi connectivity index (χ3v) is 16.3. The topological polar surface area (TPSA) is 78.1 Å². The molecule has 0 amide bonds. The first-order valence-corrected chi connectivity index (χ1v) is 15.4. The summed E-state index contributed by atoms with van der Waals surface area (Å²) >= 11 is -1.74. The number of hydrogen-bond acceptors (Lipinski definition) is 3. The first kappa shape index (κ1) is 25.6. The molecular weight excluding hydrogens is 342 g/mol. The minimum absolute atomic E-state index is 0.860. The molecule has 0 aliphatic heterocycles. The third-order valence-electron chi connectivity index (χ3n) is 6.11. The van der Waals surface area contributed by atoms with Crippen LogP contribution in [0, 0.1) is 0 Å². The van der Waals surface area contributed by atoms with Crippen LogP contribution in [0.1, 0.15) is 90.9 Å². The van der Waals surface area contributed by atoms with Gasteiger partial charge < -0.3 is 0 Å². The summed E-state index contributed by atoms with van der Waals surface area (Å²) in [5.74, 6) is 0. The Bertz CT molecular complexity index is 236. The van der Waals surface area contributed by atoms with Crippen LogP contribution in [0.5, 0.6) is 0 Å². The summed E-state index contributed by atoms with van der Waals surface area (Å²) in [6, 6.07) is 0. The molecule has 0 aromatic heterocycles. The molecule has 25 heavy (non-hydrogen) atoms. The molecule has 0 radical (unpaired) electrons. The summed E-state index contributed by atoms with van der Waals surface area (Å²) in [5.41, 5.74) is 16.9. The monoisotopic (exact) mass is 391 g/mol. The van der Waals surface area contributed by atoms with E-state index in [1.165, 1.54) is 77.0 Å². The molecule has 0 aromatic carbocycles. The average molecular weight is 392 g/mol. The second-order valence-corrected chi connectivity index (χ2v) is 16.8. The van der Waals surface area contributed by atoms with Crippen molar-refractivity contribution in [2.75, 3.05) is 19.6 Å². The predicted octanol–water partition coefficient (Wildman–Crippen LogP) is 5.78. The van der Waals surface area contributed by atoms with Crippen LogP contribution in [0.3, 0.4) is 0 Å². The quantitative estimate of drug-likeness (QED) is 0.193. The summed E-state index contributed by atoms with van der Waals surface area (Å²) in [6.07, 6.45) is 16.2. The van der Waals surface area contributed by atoms with Gasteiger partial charge in [-0.15, -0.1) is 0 Å². The van der Waals surface area contributed by atoms with Crippen molar-refractivity contribution in [3.8, 4) is 0 Å². The average Bonchev–Trinajstić information content (AvgIpc) is 2.60. The Morgan fingerprint density at radius 1 is 0.480 bits per heavy atom. The second-order valence-electron chi connectivity index (χ2n) is 8.38. The zero-order chi connectivity index (χ0) is 18.8. The fourth-order valence-corrected chi connectivity index (χ4v) is 12.5. The summed E-state index contributed by atoms with van der Waals surface area (Å²) in [7, 11) is 0. The van der Waals surface area contributed by atoms with Crippen LogP contribution in [-0.2, 0) is 16.6 Å². The molecule has 0 unspecified atom stereocenters. The van der Waals surface area contributed by atoms with Crippen molar-refractivity contribution in [2.24, 2.45) is 17.2 Å². The Kier molecular flexibility index (Phi) is 18.4.